The van der Waals surface area contributed by atoms with E-state index < -0.39 is 6.10 Å². The molecule has 0 bridgehead atoms. The summed E-state index contributed by atoms with van der Waals surface area (Å²) >= 11 is 0. The van der Waals surface area contributed by atoms with Crippen LogP contribution in [0.1, 0.15) is 23.7 Å². The number of benzene rings is 1. The third-order valence-corrected chi connectivity index (χ3v) is 2.93. The predicted octanol–water partition coefficient (Wildman–Crippen LogP) is 2.76. The molecule has 0 aliphatic rings. The highest BCUT2D eigenvalue weighted by atomic mass is 16.5. The topological polar surface area (TPSA) is 42.4 Å². The Morgan fingerprint density at radius 3 is 2.61 bits per heavy atom. The molecule has 0 aliphatic carbocycles. The van der Waals surface area contributed by atoms with E-state index in [9.17, 15) is 5.11 Å². The second kappa shape index (κ2) is 6.17. The second-order valence-corrected chi connectivity index (χ2v) is 4.19. The predicted molar refractivity (Wildman–Crippen MR) is 70.5 cm³/mol. The Bertz CT molecular complexity index is 468. The first-order valence-electron chi connectivity index (χ1n) is 6.00. The molecule has 1 N–H and O–H groups in total. The highest BCUT2D eigenvalue weighted by Gasteiger charge is 2.07. The fourth-order valence-electron chi connectivity index (χ4n) is 1.84. The van der Waals surface area contributed by atoms with Crippen LogP contribution in [0, 0.1) is 0 Å². The summed E-state index contributed by atoms with van der Waals surface area (Å²) in [6, 6.07) is 11.7. The number of pyridine rings is 1. The largest absolute Gasteiger partial charge is 0.497 e. The minimum atomic E-state index is -0.458. The SMILES string of the molecule is COc1ccc(CCC(O)c2cccnc2)cc1. The first-order chi connectivity index (χ1) is 8.79. The van der Waals surface area contributed by atoms with Crippen LogP contribution in [0.3, 0.4) is 0 Å². The van der Waals surface area contributed by atoms with Gasteiger partial charge in [0.1, 0.15) is 5.75 Å². The molecular formula is C15H17NO2. The lowest BCUT2D eigenvalue weighted by atomic mass is 10.0. The molecule has 1 unspecified atom stereocenters. The van der Waals surface area contributed by atoms with Crippen molar-refractivity contribution in [1.82, 2.24) is 4.98 Å². The van der Waals surface area contributed by atoms with Gasteiger partial charge in [0.15, 0.2) is 0 Å². The maximum atomic E-state index is 10.0. The molecule has 0 fully saturated rings. The molecule has 1 aromatic heterocycles. The number of aliphatic hydroxyl groups excluding tert-OH is 1. The van der Waals surface area contributed by atoms with Crippen LogP contribution in [0.4, 0.5) is 0 Å². The maximum Gasteiger partial charge on any atom is 0.118 e. The number of aliphatic hydroxyl groups is 1. The van der Waals surface area contributed by atoms with Crippen molar-refractivity contribution in [2.75, 3.05) is 7.11 Å². The highest BCUT2D eigenvalue weighted by Crippen LogP contribution is 2.19. The lowest BCUT2D eigenvalue weighted by Crippen LogP contribution is -2.00. The molecule has 3 nitrogen and oxygen atoms in total. The molecule has 0 aliphatic heterocycles. The number of nitrogens with zero attached hydrogens (tertiary/aromatic N) is 1. The van der Waals surface area contributed by atoms with Crippen molar-refractivity contribution in [3.8, 4) is 5.75 Å². The van der Waals surface area contributed by atoms with Crippen molar-refractivity contribution < 1.29 is 9.84 Å². The molecule has 94 valence electrons. The zero-order valence-electron chi connectivity index (χ0n) is 10.4. The zero-order chi connectivity index (χ0) is 12.8. The molecule has 0 radical (unpaired) electrons. The molecule has 0 saturated heterocycles. The van der Waals surface area contributed by atoms with Gasteiger partial charge >= 0.3 is 0 Å². The molecule has 1 aromatic carbocycles. The summed E-state index contributed by atoms with van der Waals surface area (Å²) in [7, 11) is 1.65. The second-order valence-electron chi connectivity index (χ2n) is 4.19. The Hall–Kier alpha value is -1.87. The van der Waals surface area contributed by atoms with Gasteiger partial charge in [-0.15, -0.1) is 0 Å². The summed E-state index contributed by atoms with van der Waals surface area (Å²) in [6.07, 6.45) is 4.48. The Morgan fingerprint density at radius 2 is 2.00 bits per heavy atom. The van der Waals surface area contributed by atoms with Gasteiger partial charge in [0, 0.05) is 12.4 Å². The molecule has 18 heavy (non-hydrogen) atoms. The van der Waals surface area contributed by atoms with E-state index >= 15 is 0 Å². The molecule has 2 rings (SSSR count). The number of aryl methyl sites for hydroxylation is 1. The molecule has 1 atom stereocenters. The van der Waals surface area contributed by atoms with Crippen LogP contribution in [-0.4, -0.2) is 17.2 Å². The first-order valence-corrected chi connectivity index (χ1v) is 6.00. The van der Waals surface area contributed by atoms with Crippen molar-refractivity contribution in [2.24, 2.45) is 0 Å². The molecule has 2 aromatic rings. The van der Waals surface area contributed by atoms with Gasteiger partial charge in [-0.05, 0) is 42.2 Å². The van der Waals surface area contributed by atoms with E-state index in [1.807, 2.05) is 36.4 Å². The molecular weight excluding hydrogens is 226 g/mol. The Balaban J connectivity index is 1.91. The molecule has 0 saturated carbocycles. The number of aromatic nitrogens is 1. The van der Waals surface area contributed by atoms with Gasteiger partial charge in [-0.25, -0.2) is 0 Å². The van der Waals surface area contributed by atoms with Crippen molar-refractivity contribution in [1.29, 1.82) is 0 Å². The number of methoxy groups -OCH3 is 1. The highest BCUT2D eigenvalue weighted by molar-refractivity contribution is 5.27. The average Bonchev–Trinajstić information content (AvgIpc) is 2.46. The van der Waals surface area contributed by atoms with Crippen LogP contribution in [0.2, 0.25) is 0 Å². The summed E-state index contributed by atoms with van der Waals surface area (Å²) < 4.78 is 5.11. The lowest BCUT2D eigenvalue weighted by Gasteiger charge is -2.10. The van der Waals surface area contributed by atoms with E-state index in [-0.39, 0.29) is 0 Å². The van der Waals surface area contributed by atoms with Gasteiger partial charge in [-0.2, -0.15) is 0 Å². The minimum Gasteiger partial charge on any atom is -0.497 e. The molecule has 1 heterocycles. The van der Waals surface area contributed by atoms with E-state index in [0.717, 1.165) is 17.7 Å². The average molecular weight is 243 g/mol. The van der Waals surface area contributed by atoms with Gasteiger partial charge in [0.05, 0.1) is 13.2 Å². The molecule has 0 amide bonds. The van der Waals surface area contributed by atoms with Gasteiger partial charge < -0.3 is 9.84 Å². The van der Waals surface area contributed by atoms with E-state index in [2.05, 4.69) is 4.98 Å². The van der Waals surface area contributed by atoms with Crippen LogP contribution in [0.25, 0.3) is 0 Å². The van der Waals surface area contributed by atoms with Gasteiger partial charge in [-0.1, -0.05) is 18.2 Å². The fourth-order valence-corrected chi connectivity index (χ4v) is 1.84. The van der Waals surface area contributed by atoms with Crippen molar-refractivity contribution in [2.45, 2.75) is 18.9 Å². The van der Waals surface area contributed by atoms with Crippen molar-refractivity contribution in [3.63, 3.8) is 0 Å². The summed E-state index contributed by atoms with van der Waals surface area (Å²) in [5.74, 6) is 0.853. The summed E-state index contributed by atoms with van der Waals surface area (Å²) in [4.78, 5) is 4.01. The zero-order valence-corrected chi connectivity index (χ0v) is 10.4. The number of hydrogen-bond acceptors (Lipinski definition) is 3. The number of rotatable bonds is 5. The Kier molecular flexibility index (Phi) is 4.31. The summed E-state index contributed by atoms with van der Waals surface area (Å²) in [5, 5.41) is 10.0. The fraction of sp³-hybridized carbons (Fsp3) is 0.267. The lowest BCUT2D eigenvalue weighted by molar-refractivity contribution is 0.167. The first kappa shape index (κ1) is 12.6. The smallest absolute Gasteiger partial charge is 0.118 e. The van der Waals surface area contributed by atoms with Crippen LogP contribution in [-0.2, 0) is 6.42 Å². The monoisotopic (exact) mass is 243 g/mol. The van der Waals surface area contributed by atoms with Gasteiger partial charge in [0.2, 0.25) is 0 Å². The van der Waals surface area contributed by atoms with Crippen LogP contribution < -0.4 is 4.74 Å². The van der Waals surface area contributed by atoms with Gasteiger partial charge in [0.25, 0.3) is 0 Å². The van der Waals surface area contributed by atoms with E-state index in [1.54, 1.807) is 19.5 Å². The third-order valence-electron chi connectivity index (χ3n) is 2.93. The minimum absolute atomic E-state index is 0.458. The maximum absolute atomic E-state index is 10.0. The van der Waals surface area contributed by atoms with Crippen molar-refractivity contribution >= 4 is 0 Å². The van der Waals surface area contributed by atoms with Crippen molar-refractivity contribution in [3.05, 3.63) is 59.9 Å². The van der Waals surface area contributed by atoms with Crippen LogP contribution >= 0.6 is 0 Å². The summed E-state index contributed by atoms with van der Waals surface area (Å²) in [6.45, 7) is 0. The van der Waals surface area contributed by atoms with E-state index in [1.165, 1.54) is 5.56 Å². The van der Waals surface area contributed by atoms with E-state index in [4.69, 9.17) is 4.74 Å². The standard InChI is InChI=1S/C15H17NO2/c1-18-14-7-4-12(5-8-14)6-9-15(17)13-3-2-10-16-11-13/h2-5,7-8,10-11,15,17H,6,9H2,1H3. The van der Waals surface area contributed by atoms with Crippen LogP contribution in [0.15, 0.2) is 48.8 Å². The molecule has 3 heteroatoms. The third kappa shape index (κ3) is 3.31. The quantitative estimate of drug-likeness (QED) is 0.878. The van der Waals surface area contributed by atoms with Crippen LogP contribution in [0.5, 0.6) is 5.75 Å². The molecule has 0 spiro atoms. The Labute approximate surface area is 107 Å². The number of ether oxygens (including phenoxy) is 1. The number of hydrogen-bond donors (Lipinski definition) is 1. The van der Waals surface area contributed by atoms with Gasteiger partial charge in [-0.3, -0.25) is 4.98 Å². The normalized spacial score (nSPS) is 12.1. The van der Waals surface area contributed by atoms with E-state index in [0.29, 0.717) is 6.42 Å². The Morgan fingerprint density at radius 1 is 1.22 bits per heavy atom. The summed E-state index contributed by atoms with van der Waals surface area (Å²) in [5.41, 5.74) is 2.06.